The number of esters is 1. The number of pyridine rings is 1. The number of sulfone groups is 1. The first-order chi connectivity index (χ1) is 19.5. The average molecular weight is 626 g/mol. The number of hydrogen-bond donors (Lipinski definition) is 1. The molecule has 2 heterocycles. The molecule has 2 amide bonds. The van der Waals surface area contributed by atoms with E-state index in [1.54, 1.807) is 46.8 Å². The van der Waals surface area contributed by atoms with Gasteiger partial charge >= 0.3 is 18.2 Å². The van der Waals surface area contributed by atoms with Gasteiger partial charge in [-0.3, -0.25) is 0 Å². The number of rotatable bonds is 9. The van der Waals surface area contributed by atoms with Crippen LogP contribution in [-0.4, -0.2) is 73.0 Å². The molecule has 0 saturated carbocycles. The third-order valence-corrected chi connectivity index (χ3v) is 6.80. The number of methoxy groups -OCH3 is 1. The van der Waals surface area contributed by atoms with E-state index in [0.29, 0.717) is 10.7 Å². The Morgan fingerprint density at radius 1 is 1.12 bits per heavy atom. The normalized spacial score (nSPS) is 12.5. The molecule has 0 fully saturated rings. The standard InChI is InChI=1S/C26H32ClN5O9S/c1-15(2)21(29-24(34)41-26(3,4)5)22(33)39-14-40-25(35)32(23-28-20-11-8-16(27)13-31(20)30-23)18-10-9-17(42(7,36)37)12-19(18)38-6/h8-13,15,21H,14H2,1-7H3,(H,29,34)/t21-/m0/s1. The van der Waals surface area contributed by atoms with Crippen molar-refractivity contribution in [3.05, 3.63) is 41.6 Å². The second kappa shape index (κ2) is 12.8. The Hall–Kier alpha value is -4.11. The third-order valence-electron chi connectivity index (χ3n) is 5.46. The van der Waals surface area contributed by atoms with Gasteiger partial charge in [-0.05, 0) is 51.0 Å². The largest absolute Gasteiger partial charge is 0.495 e. The van der Waals surface area contributed by atoms with Gasteiger partial charge in [-0.25, -0.2) is 32.2 Å². The number of anilines is 2. The summed E-state index contributed by atoms with van der Waals surface area (Å²) in [5, 5.41) is 7.09. The van der Waals surface area contributed by atoms with Crippen LogP contribution in [-0.2, 0) is 28.8 Å². The lowest BCUT2D eigenvalue weighted by molar-refractivity contribution is -0.155. The van der Waals surface area contributed by atoms with Gasteiger partial charge in [0.25, 0.3) is 5.95 Å². The number of benzene rings is 1. The molecule has 0 bridgehead atoms. The van der Waals surface area contributed by atoms with E-state index in [-0.39, 0.29) is 28.2 Å². The molecule has 14 nitrogen and oxygen atoms in total. The van der Waals surface area contributed by atoms with E-state index in [0.717, 1.165) is 11.2 Å². The first-order valence-electron chi connectivity index (χ1n) is 12.5. The zero-order valence-electron chi connectivity index (χ0n) is 24.1. The summed E-state index contributed by atoms with van der Waals surface area (Å²) in [4.78, 5) is 43.5. The maximum atomic E-state index is 13.4. The monoisotopic (exact) mass is 625 g/mol. The van der Waals surface area contributed by atoms with Gasteiger partial charge in [0.15, 0.2) is 15.5 Å². The number of amides is 2. The maximum absolute atomic E-state index is 13.4. The van der Waals surface area contributed by atoms with Crippen LogP contribution in [0.4, 0.5) is 21.2 Å². The lowest BCUT2D eigenvalue weighted by Crippen LogP contribution is -2.47. The molecule has 3 aromatic rings. The molecular formula is C26H32ClN5O9S. The molecule has 42 heavy (non-hydrogen) atoms. The number of nitrogens with zero attached hydrogens (tertiary/aromatic N) is 4. The SMILES string of the molecule is COc1cc(S(C)(=O)=O)ccc1N(C(=O)OCOC(=O)[C@@H](NC(=O)OC(C)(C)C)C(C)C)c1nc2ccc(Cl)cn2n1. The molecule has 1 aromatic carbocycles. The maximum Gasteiger partial charge on any atom is 0.424 e. The highest BCUT2D eigenvalue weighted by Gasteiger charge is 2.31. The summed E-state index contributed by atoms with van der Waals surface area (Å²) in [6.07, 6.45) is 0.587. The van der Waals surface area contributed by atoms with Crippen molar-refractivity contribution in [2.24, 2.45) is 5.92 Å². The van der Waals surface area contributed by atoms with Crippen molar-refractivity contribution >= 4 is 56.9 Å². The number of alkyl carbamates (subject to hydrolysis) is 1. The predicted octanol–water partition coefficient (Wildman–Crippen LogP) is 4.12. The second-order valence-corrected chi connectivity index (χ2v) is 12.8. The minimum absolute atomic E-state index is 0.00908. The quantitative estimate of drug-likeness (QED) is 0.268. The van der Waals surface area contributed by atoms with Crippen LogP contribution >= 0.6 is 11.6 Å². The van der Waals surface area contributed by atoms with Gasteiger partial charge in [-0.2, -0.15) is 4.98 Å². The molecule has 2 aromatic heterocycles. The van der Waals surface area contributed by atoms with E-state index < -0.39 is 46.4 Å². The van der Waals surface area contributed by atoms with Crippen molar-refractivity contribution in [3.63, 3.8) is 0 Å². The Morgan fingerprint density at radius 3 is 2.40 bits per heavy atom. The molecule has 1 atom stereocenters. The summed E-state index contributed by atoms with van der Waals surface area (Å²) in [6.45, 7) is 7.57. The van der Waals surface area contributed by atoms with Gasteiger partial charge in [-0.1, -0.05) is 25.4 Å². The number of carbonyl (C=O) groups excluding carboxylic acids is 3. The zero-order chi connectivity index (χ0) is 31.4. The van der Waals surface area contributed by atoms with Crippen molar-refractivity contribution in [3.8, 4) is 5.75 Å². The number of nitrogens with one attached hydrogen (secondary N) is 1. The summed E-state index contributed by atoms with van der Waals surface area (Å²) in [7, 11) is -2.32. The zero-order valence-corrected chi connectivity index (χ0v) is 25.6. The van der Waals surface area contributed by atoms with Crippen LogP contribution in [0.3, 0.4) is 0 Å². The van der Waals surface area contributed by atoms with E-state index >= 15 is 0 Å². The van der Waals surface area contributed by atoms with Crippen molar-refractivity contribution in [1.29, 1.82) is 0 Å². The smallest absolute Gasteiger partial charge is 0.424 e. The van der Waals surface area contributed by atoms with E-state index in [1.807, 2.05) is 0 Å². The summed E-state index contributed by atoms with van der Waals surface area (Å²) in [6, 6.07) is 5.87. The highest BCUT2D eigenvalue weighted by Crippen LogP contribution is 2.35. The van der Waals surface area contributed by atoms with E-state index in [4.69, 9.17) is 30.5 Å². The number of ether oxygens (including phenoxy) is 4. The average Bonchev–Trinajstić information content (AvgIpc) is 3.28. The van der Waals surface area contributed by atoms with Gasteiger partial charge in [0, 0.05) is 18.5 Å². The number of fused-ring (bicyclic) bond motifs is 1. The fraction of sp³-hybridized carbons (Fsp3) is 0.423. The number of hydrogen-bond acceptors (Lipinski definition) is 11. The highest BCUT2D eigenvalue weighted by molar-refractivity contribution is 7.90. The number of carbonyl (C=O) groups is 3. The van der Waals surface area contributed by atoms with Crippen molar-refractivity contribution in [1.82, 2.24) is 19.9 Å². The lowest BCUT2D eigenvalue weighted by atomic mass is 10.1. The Kier molecular flexibility index (Phi) is 9.89. The first-order valence-corrected chi connectivity index (χ1v) is 14.8. The van der Waals surface area contributed by atoms with Crippen LogP contribution < -0.4 is 15.0 Å². The summed E-state index contributed by atoms with van der Waals surface area (Å²) in [5.74, 6) is -1.44. The summed E-state index contributed by atoms with van der Waals surface area (Å²) >= 11 is 6.05. The lowest BCUT2D eigenvalue weighted by Gasteiger charge is -2.25. The Bertz CT molecular complexity index is 1580. The fourth-order valence-corrected chi connectivity index (χ4v) is 4.32. The number of halogens is 1. The first kappa shape index (κ1) is 32.4. The fourth-order valence-electron chi connectivity index (χ4n) is 3.53. The molecule has 3 rings (SSSR count). The number of aromatic nitrogens is 3. The van der Waals surface area contributed by atoms with Gasteiger partial charge in [0.1, 0.15) is 17.4 Å². The Balaban J connectivity index is 1.87. The molecule has 0 aliphatic carbocycles. The summed E-state index contributed by atoms with van der Waals surface area (Å²) < 4.78 is 46.4. The van der Waals surface area contributed by atoms with Crippen LogP contribution in [0.2, 0.25) is 5.02 Å². The van der Waals surface area contributed by atoms with Crippen LogP contribution in [0.25, 0.3) is 5.65 Å². The Morgan fingerprint density at radius 2 is 1.81 bits per heavy atom. The highest BCUT2D eigenvalue weighted by atomic mass is 35.5. The van der Waals surface area contributed by atoms with Crippen LogP contribution in [0.15, 0.2) is 41.4 Å². The minimum atomic E-state index is -3.61. The van der Waals surface area contributed by atoms with Crippen LogP contribution in [0.1, 0.15) is 34.6 Å². The molecule has 0 radical (unpaired) electrons. The second-order valence-electron chi connectivity index (χ2n) is 10.4. The van der Waals surface area contributed by atoms with Gasteiger partial charge < -0.3 is 24.3 Å². The molecule has 0 aliphatic heterocycles. The van der Waals surface area contributed by atoms with Crippen molar-refractivity contribution in [2.45, 2.75) is 51.2 Å². The van der Waals surface area contributed by atoms with E-state index in [1.165, 1.54) is 36.0 Å². The minimum Gasteiger partial charge on any atom is -0.495 e. The molecule has 228 valence electrons. The van der Waals surface area contributed by atoms with Gasteiger partial charge in [0.05, 0.1) is 22.7 Å². The molecule has 0 unspecified atom stereocenters. The van der Waals surface area contributed by atoms with Gasteiger partial charge in [-0.15, -0.1) is 5.10 Å². The molecular weight excluding hydrogens is 594 g/mol. The van der Waals surface area contributed by atoms with Crippen LogP contribution in [0, 0.1) is 5.92 Å². The molecule has 0 spiro atoms. The topological polar surface area (TPSA) is 168 Å². The van der Waals surface area contributed by atoms with Crippen LogP contribution in [0.5, 0.6) is 5.75 Å². The Labute approximate surface area is 247 Å². The third kappa shape index (κ3) is 8.22. The molecule has 0 aliphatic rings. The molecule has 0 saturated heterocycles. The van der Waals surface area contributed by atoms with Gasteiger partial charge in [0.2, 0.25) is 6.79 Å². The molecule has 1 N–H and O–H groups in total. The summed E-state index contributed by atoms with van der Waals surface area (Å²) in [5.41, 5.74) is -0.417. The van der Waals surface area contributed by atoms with Crippen molar-refractivity contribution in [2.75, 3.05) is 25.1 Å². The predicted molar refractivity (Wildman–Crippen MR) is 152 cm³/mol. The van der Waals surface area contributed by atoms with Crippen molar-refractivity contribution < 1.29 is 41.7 Å². The van der Waals surface area contributed by atoms with E-state index in [2.05, 4.69) is 15.4 Å². The van der Waals surface area contributed by atoms with E-state index in [9.17, 15) is 22.8 Å². The molecule has 16 heteroatoms.